The fourth-order valence-corrected chi connectivity index (χ4v) is 3.74. The van der Waals surface area contributed by atoms with E-state index in [9.17, 15) is 0 Å². The molecule has 76 valence electrons. The van der Waals surface area contributed by atoms with Crippen molar-refractivity contribution in [2.45, 2.75) is 44.9 Å². The van der Waals surface area contributed by atoms with Gasteiger partial charge in [-0.3, -0.25) is 0 Å². The average molecular weight is 188 g/mol. The molecule has 0 N–H and O–H groups in total. The Morgan fingerprint density at radius 3 is 2.93 bits per heavy atom. The third-order valence-electron chi connectivity index (χ3n) is 4.45. The highest BCUT2D eigenvalue weighted by Gasteiger charge is 2.34. The molecule has 0 nitrogen and oxygen atoms in total. The van der Waals surface area contributed by atoms with Crippen molar-refractivity contribution in [3.8, 4) is 0 Å². The Labute approximate surface area is 87.1 Å². The minimum absolute atomic E-state index is 0.934. The van der Waals surface area contributed by atoms with Gasteiger partial charge in [0.05, 0.1) is 0 Å². The van der Waals surface area contributed by atoms with E-state index < -0.39 is 0 Å². The molecule has 3 atom stereocenters. The lowest BCUT2D eigenvalue weighted by Gasteiger charge is -2.41. The Morgan fingerprint density at radius 2 is 1.93 bits per heavy atom. The molecule has 0 aliphatic heterocycles. The summed E-state index contributed by atoms with van der Waals surface area (Å²) in [6, 6.07) is 0. The smallest absolute Gasteiger partial charge is 0.0131 e. The van der Waals surface area contributed by atoms with Gasteiger partial charge in [-0.15, -0.1) is 0 Å². The molecule has 0 saturated heterocycles. The van der Waals surface area contributed by atoms with Crippen molar-refractivity contribution in [1.29, 1.82) is 0 Å². The molecular weight excluding hydrogens is 168 g/mol. The molecule has 3 rings (SSSR count). The largest absolute Gasteiger partial charge is 0.0810 e. The van der Waals surface area contributed by atoms with Gasteiger partial charge in [-0.25, -0.2) is 0 Å². The first-order valence-electron chi connectivity index (χ1n) is 6.33. The predicted molar refractivity (Wildman–Crippen MR) is 60.0 cm³/mol. The Morgan fingerprint density at radius 1 is 1.00 bits per heavy atom. The number of hydrogen-bond donors (Lipinski definition) is 0. The molecule has 0 radical (unpaired) electrons. The van der Waals surface area contributed by atoms with Gasteiger partial charge < -0.3 is 0 Å². The first kappa shape index (κ1) is 8.76. The first-order chi connectivity index (χ1) is 6.95. The molecule has 0 heterocycles. The number of hydrogen-bond acceptors (Lipinski definition) is 0. The summed E-state index contributed by atoms with van der Waals surface area (Å²) in [4.78, 5) is 0. The fourth-order valence-electron chi connectivity index (χ4n) is 3.74. The van der Waals surface area contributed by atoms with Crippen molar-refractivity contribution in [2.75, 3.05) is 0 Å². The van der Waals surface area contributed by atoms with E-state index in [0.717, 1.165) is 17.8 Å². The normalized spacial score (nSPS) is 41.1. The molecule has 0 spiro atoms. The molecule has 0 bridgehead atoms. The number of allylic oxidation sites excluding steroid dienone is 4. The van der Waals surface area contributed by atoms with Crippen LogP contribution in [0.25, 0.3) is 0 Å². The third kappa shape index (κ3) is 1.36. The van der Waals surface area contributed by atoms with E-state index in [4.69, 9.17) is 0 Å². The maximum absolute atomic E-state index is 2.51. The SMILES string of the molecule is C1=CC2CCCCC2C2CCCC=C12. The Hall–Kier alpha value is -0.520. The van der Waals surface area contributed by atoms with Gasteiger partial charge in [0.2, 0.25) is 0 Å². The van der Waals surface area contributed by atoms with E-state index in [2.05, 4.69) is 18.2 Å². The van der Waals surface area contributed by atoms with E-state index in [1.54, 1.807) is 5.57 Å². The summed E-state index contributed by atoms with van der Waals surface area (Å²) in [6.07, 6.45) is 17.6. The van der Waals surface area contributed by atoms with Gasteiger partial charge in [0.1, 0.15) is 0 Å². The maximum Gasteiger partial charge on any atom is -0.0131 e. The second-order valence-corrected chi connectivity index (χ2v) is 5.21. The minimum Gasteiger partial charge on any atom is -0.0810 e. The highest BCUT2D eigenvalue weighted by atomic mass is 14.4. The topological polar surface area (TPSA) is 0 Å². The second kappa shape index (κ2) is 3.56. The van der Waals surface area contributed by atoms with Crippen LogP contribution in [0.1, 0.15) is 44.9 Å². The lowest BCUT2D eigenvalue weighted by atomic mass is 9.64. The molecule has 14 heavy (non-hydrogen) atoms. The van der Waals surface area contributed by atoms with E-state index in [1.165, 1.54) is 44.9 Å². The summed E-state index contributed by atoms with van der Waals surface area (Å²) >= 11 is 0. The predicted octanol–water partition coefficient (Wildman–Crippen LogP) is 4.09. The van der Waals surface area contributed by atoms with Gasteiger partial charge in [-0.1, -0.05) is 31.1 Å². The van der Waals surface area contributed by atoms with Crippen LogP contribution in [0.15, 0.2) is 23.8 Å². The molecule has 1 saturated carbocycles. The van der Waals surface area contributed by atoms with Gasteiger partial charge in [-0.2, -0.15) is 0 Å². The molecule has 1 fully saturated rings. The number of fused-ring (bicyclic) bond motifs is 3. The summed E-state index contributed by atoms with van der Waals surface area (Å²) in [5, 5.41) is 0. The number of rotatable bonds is 0. The molecule has 0 aromatic carbocycles. The summed E-state index contributed by atoms with van der Waals surface area (Å²) < 4.78 is 0. The van der Waals surface area contributed by atoms with E-state index in [1.807, 2.05) is 0 Å². The van der Waals surface area contributed by atoms with Crippen molar-refractivity contribution in [1.82, 2.24) is 0 Å². The van der Waals surface area contributed by atoms with Crippen molar-refractivity contribution in [3.63, 3.8) is 0 Å². The molecule has 3 aliphatic carbocycles. The lowest BCUT2D eigenvalue weighted by Crippen LogP contribution is -2.30. The van der Waals surface area contributed by atoms with Gasteiger partial charge >= 0.3 is 0 Å². The molecule has 0 amide bonds. The van der Waals surface area contributed by atoms with Gasteiger partial charge in [-0.05, 0) is 55.4 Å². The van der Waals surface area contributed by atoms with Gasteiger partial charge in [0.25, 0.3) is 0 Å². The van der Waals surface area contributed by atoms with Crippen LogP contribution in [0.5, 0.6) is 0 Å². The highest BCUT2D eigenvalue weighted by molar-refractivity contribution is 5.29. The van der Waals surface area contributed by atoms with E-state index >= 15 is 0 Å². The zero-order valence-electron chi connectivity index (χ0n) is 8.91. The lowest BCUT2D eigenvalue weighted by molar-refractivity contribution is 0.197. The molecule has 3 unspecified atom stereocenters. The van der Waals surface area contributed by atoms with Crippen molar-refractivity contribution in [2.24, 2.45) is 17.8 Å². The van der Waals surface area contributed by atoms with Crippen LogP contribution in [-0.2, 0) is 0 Å². The molecule has 0 aromatic heterocycles. The highest BCUT2D eigenvalue weighted by Crippen LogP contribution is 2.46. The van der Waals surface area contributed by atoms with Crippen molar-refractivity contribution >= 4 is 0 Å². The van der Waals surface area contributed by atoms with Crippen molar-refractivity contribution < 1.29 is 0 Å². The first-order valence-corrected chi connectivity index (χ1v) is 6.33. The van der Waals surface area contributed by atoms with Crippen molar-refractivity contribution in [3.05, 3.63) is 23.8 Å². The monoisotopic (exact) mass is 188 g/mol. The zero-order valence-corrected chi connectivity index (χ0v) is 8.91. The fraction of sp³-hybridized carbons (Fsp3) is 0.714. The summed E-state index contributed by atoms with van der Waals surface area (Å²) in [6.45, 7) is 0. The maximum atomic E-state index is 2.51. The Kier molecular flexibility index (Phi) is 2.23. The van der Waals surface area contributed by atoms with Crippen LogP contribution in [0.2, 0.25) is 0 Å². The second-order valence-electron chi connectivity index (χ2n) is 5.21. The summed E-state index contributed by atoms with van der Waals surface area (Å²) in [7, 11) is 0. The molecule has 3 aliphatic rings. The van der Waals surface area contributed by atoms with Crippen LogP contribution >= 0.6 is 0 Å². The van der Waals surface area contributed by atoms with Crippen LogP contribution < -0.4 is 0 Å². The van der Waals surface area contributed by atoms with E-state index in [0.29, 0.717) is 0 Å². The molecule has 0 heteroatoms. The zero-order chi connectivity index (χ0) is 9.38. The standard InChI is InChI=1S/C14H20/c1-3-7-13-11(5-1)9-10-12-6-2-4-8-14(12)13/h5,9-10,12-14H,1-4,6-8H2. The minimum atomic E-state index is 0.934. The Bertz CT molecular complexity index is 272. The molecule has 0 aromatic rings. The van der Waals surface area contributed by atoms with Gasteiger partial charge in [0.15, 0.2) is 0 Å². The van der Waals surface area contributed by atoms with E-state index in [-0.39, 0.29) is 0 Å². The van der Waals surface area contributed by atoms with Crippen LogP contribution in [-0.4, -0.2) is 0 Å². The quantitative estimate of drug-likeness (QED) is 0.537. The van der Waals surface area contributed by atoms with Crippen LogP contribution in [0.4, 0.5) is 0 Å². The molecular formula is C14H20. The van der Waals surface area contributed by atoms with Crippen LogP contribution in [0.3, 0.4) is 0 Å². The van der Waals surface area contributed by atoms with Crippen LogP contribution in [0, 0.1) is 17.8 Å². The van der Waals surface area contributed by atoms with Gasteiger partial charge in [0, 0.05) is 0 Å². The third-order valence-corrected chi connectivity index (χ3v) is 4.45. The Balaban J connectivity index is 1.90. The summed E-state index contributed by atoms with van der Waals surface area (Å²) in [5.74, 6) is 2.89. The average Bonchev–Trinajstić information content (AvgIpc) is 2.29. The summed E-state index contributed by atoms with van der Waals surface area (Å²) in [5.41, 5.74) is 1.68.